The van der Waals surface area contributed by atoms with Gasteiger partial charge in [-0.2, -0.15) is 0 Å². The lowest BCUT2D eigenvalue weighted by molar-refractivity contribution is 0.266. The first-order chi connectivity index (χ1) is 6.84. The van der Waals surface area contributed by atoms with Crippen molar-refractivity contribution in [2.75, 3.05) is 0 Å². The molecule has 0 amide bonds. The van der Waals surface area contributed by atoms with Crippen LogP contribution in [0.25, 0.3) is 0 Å². The molecular formula is C13H15O. The van der Waals surface area contributed by atoms with Gasteiger partial charge in [0.1, 0.15) is 0 Å². The third-order valence-electron chi connectivity index (χ3n) is 3.96. The van der Waals surface area contributed by atoms with E-state index in [9.17, 15) is 5.11 Å². The van der Waals surface area contributed by atoms with Crippen molar-refractivity contribution in [3.05, 3.63) is 42.0 Å². The Hall–Kier alpha value is -0.820. The lowest BCUT2D eigenvalue weighted by Gasteiger charge is -2.33. The monoisotopic (exact) mass is 187 g/mol. The molecule has 1 aromatic carbocycles. The molecule has 1 fully saturated rings. The third-order valence-corrected chi connectivity index (χ3v) is 3.96. The number of hydrogen-bond acceptors (Lipinski definition) is 1. The topological polar surface area (TPSA) is 20.2 Å². The van der Waals surface area contributed by atoms with Crippen LogP contribution < -0.4 is 0 Å². The Morgan fingerprint density at radius 1 is 1.36 bits per heavy atom. The second-order valence-corrected chi connectivity index (χ2v) is 4.76. The van der Waals surface area contributed by atoms with Gasteiger partial charge in [0.2, 0.25) is 0 Å². The van der Waals surface area contributed by atoms with Gasteiger partial charge >= 0.3 is 0 Å². The van der Waals surface area contributed by atoms with Crippen LogP contribution in [0.3, 0.4) is 0 Å². The summed E-state index contributed by atoms with van der Waals surface area (Å²) >= 11 is 0. The molecular weight excluding hydrogens is 172 g/mol. The minimum Gasteiger partial charge on any atom is -0.389 e. The second-order valence-electron chi connectivity index (χ2n) is 4.76. The Bertz CT molecular complexity index is 358. The molecule has 0 heterocycles. The normalized spacial score (nSPS) is 34.2. The highest BCUT2D eigenvalue weighted by atomic mass is 16.3. The highest BCUT2D eigenvalue weighted by Crippen LogP contribution is 2.51. The molecule has 2 unspecified atom stereocenters. The lowest BCUT2D eigenvalue weighted by atomic mass is 9.72. The molecule has 1 saturated carbocycles. The van der Waals surface area contributed by atoms with Crippen LogP contribution in [0.4, 0.5) is 0 Å². The molecule has 2 atom stereocenters. The number of hydrogen-bond donors (Lipinski definition) is 1. The van der Waals surface area contributed by atoms with Gasteiger partial charge in [-0.25, -0.2) is 0 Å². The minimum absolute atomic E-state index is 0.000486. The molecule has 2 aliphatic rings. The summed E-state index contributed by atoms with van der Waals surface area (Å²) in [5.74, 6) is 0.799. The SMILES string of the molecule is O[CH]C12CCC(Cc3ccccc31)C2. The molecule has 1 aromatic rings. The van der Waals surface area contributed by atoms with Crippen molar-refractivity contribution >= 4 is 0 Å². The summed E-state index contributed by atoms with van der Waals surface area (Å²) in [5.41, 5.74) is 2.82. The highest BCUT2D eigenvalue weighted by Gasteiger charge is 2.44. The van der Waals surface area contributed by atoms with E-state index in [0.29, 0.717) is 0 Å². The average Bonchev–Trinajstić information content (AvgIpc) is 2.58. The molecule has 0 saturated heterocycles. The van der Waals surface area contributed by atoms with E-state index in [1.165, 1.54) is 30.6 Å². The van der Waals surface area contributed by atoms with Gasteiger partial charge < -0.3 is 5.11 Å². The van der Waals surface area contributed by atoms with Crippen molar-refractivity contribution in [2.24, 2.45) is 5.92 Å². The van der Waals surface area contributed by atoms with Gasteiger partial charge in [-0.15, -0.1) is 0 Å². The zero-order valence-corrected chi connectivity index (χ0v) is 8.24. The van der Waals surface area contributed by atoms with Crippen LogP contribution in [0.15, 0.2) is 24.3 Å². The Balaban J connectivity index is 2.16. The maximum absolute atomic E-state index is 9.49. The largest absolute Gasteiger partial charge is 0.389 e. The van der Waals surface area contributed by atoms with Crippen molar-refractivity contribution in [1.82, 2.24) is 0 Å². The fourth-order valence-electron chi connectivity index (χ4n) is 3.28. The Labute approximate surface area is 84.8 Å². The van der Waals surface area contributed by atoms with Crippen LogP contribution in [-0.4, -0.2) is 5.11 Å². The van der Waals surface area contributed by atoms with Crippen LogP contribution in [0.5, 0.6) is 0 Å². The van der Waals surface area contributed by atoms with Crippen LogP contribution in [0.1, 0.15) is 30.4 Å². The summed E-state index contributed by atoms with van der Waals surface area (Å²) in [6.45, 7) is 1.45. The van der Waals surface area contributed by atoms with E-state index >= 15 is 0 Å². The summed E-state index contributed by atoms with van der Waals surface area (Å²) in [6, 6.07) is 8.59. The summed E-state index contributed by atoms with van der Waals surface area (Å²) in [6.07, 6.45) is 4.77. The number of fused-ring (bicyclic) bond motifs is 4. The zero-order valence-electron chi connectivity index (χ0n) is 8.24. The van der Waals surface area contributed by atoms with E-state index in [1.54, 1.807) is 0 Å². The minimum atomic E-state index is -0.000486. The van der Waals surface area contributed by atoms with Crippen molar-refractivity contribution in [3.63, 3.8) is 0 Å². The lowest BCUT2D eigenvalue weighted by Crippen LogP contribution is -2.28. The second kappa shape index (κ2) is 2.83. The van der Waals surface area contributed by atoms with Crippen molar-refractivity contribution < 1.29 is 5.11 Å². The van der Waals surface area contributed by atoms with Gasteiger partial charge in [0.05, 0.1) is 6.61 Å². The molecule has 73 valence electrons. The van der Waals surface area contributed by atoms with Gasteiger partial charge in [0.15, 0.2) is 0 Å². The van der Waals surface area contributed by atoms with Crippen LogP contribution in [0.2, 0.25) is 0 Å². The predicted octanol–water partition coefficient (Wildman–Crippen LogP) is 2.81. The fourth-order valence-corrected chi connectivity index (χ4v) is 3.28. The highest BCUT2D eigenvalue weighted by molar-refractivity contribution is 5.40. The molecule has 1 heteroatoms. The van der Waals surface area contributed by atoms with Crippen LogP contribution in [-0.2, 0) is 11.8 Å². The number of rotatable bonds is 1. The quantitative estimate of drug-likeness (QED) is 0.716. The molecule has 14 heavy (non-hydrogen) atoms. The molecule has 0 aromatic heterocycles. The number of benzene rings is 1. The van der Waals surface area contributed by atoms with E-state index in [4.69, 9.17) is 0 Å². The zero-order chi connectivity index (χ0) is 9.60. The summed E-state index contributed by atoms with van der Waals surface area (Å²) in [5, 5.41) is 9.49. The predicted molar refractivity (Wildman–Crippen MR) is 55.4 cm³/mol. The number of aliphatic hydroxyl groups excluding tert-OH is 1. The Morgan fingerprint density at radius 2 is 2.21 bits per heavy atom. The molecule has 1 nitrogen and oxygen atoms in total. The van der Waals surface area contributed by atoms with Crippen molar-refractivity contribution in [1.29, 1.82) is 0 Å². The van der Waals surface area contributed by atoms with Crippen LogP contribution in [0, 0.1) is 12.5 Å². The first kappa shape index (κ1) is 8.49. The summed E-state index contributed by atoms with van der Waals surface area (Å²) in [4.78, 5) is 0. The van der Waals surface area contributed by atoms with Gasteiger partial charge in [0.25, 0.3) is 0 Å². The smallest absolute Gasteiger partial charge is 0.0904 e. The van der Waals surface area contributed by atoms with Gasteiger partial charge in [-0.1, -0.05) is 24.3 Å². The van der Waals surface area contributed by atoms with E-state index in [2.05, 4.69) is 24.3 Å². The maximum Gasteiger partial charge on any atom is 0.0904 e. The molecule has 2 bridgehead atoms. The van der Waals surface area contributed by atoms with E-state index in [1.807, 2.05) is 0 Å². The van der Waals surface area contributed by atoms with E-state index in [-0.39, 0.29) is 5.41 Å². The molecule has 0 aliphatic heterocycles. The number of aliphatic hydroxyl groups is 1. The molecule has 2 aliphatic carbocycles. The van der Waals surface area contributed by atoms with E-state index in [0.717, 1.165) is 18.8 Å². The molecule has 3 rings (SSSR count). The third kappa shape index (κ3) is 0.992. The average molecular weight is 187 g/mol. The molecule has 0 spiro atoms. The van der Waals surface area contributed by atoms with Crippen molar-refractivity contribution in [2.45, 2.75) is 31.1 Å². The fraction of sp³-hybridized carbons (Fsp3) is 0.462. The summed E-state index contributed by atoms with van der Waals surface area (Å²) in [7, 11) is 0. The van der Waals surface area contributed by atoms with Gasteiger partial charge in [-0.3, -0.25) is 0 Å². The molecule has 1 radical (unpaired) electrons. The summed E-state index contributed by atoms with van der Waals surface area (Å²) < 4.78 is 0. The standard InChI is InChI=1S/C13H15O/c14-9-13-6-5-10(8-13)7-11-3-1-2-4-12(11)13/h1-4,9-10,14H,5-8H2. The van der Waals surface area contributed by atoms with E-state index < -0.39 is 0 Å². The first-order valence-corrected chi connectivity index (χ1v) is 5.41. The van der Waals surface area contributed by atoms with Crippen molar-refractivity contribution in [3.8, 4) is 0 Å². The van der Waals surface area contributed by atoms with Crippen LogP contribution >= 0.6 is 0 Å². The van der Waals surface area contributed by atoms with Gasteiger partial charge in [-0.05, 0) is 42.7 Å². The van der Waals surface area contributed by atoms with Gasteiger partial charge in [0, 0.05) is 5.41 Å². The maximum atomic E-state index is 9.49. The Morgan fingerprint density at radius 3 is 3.07 bits per heavy atom. The molecule has 1 N–H and O–H groups in total. The Kier molecular flexibility index (Phi) is 1.72. The first-order valence-electron chi connectivity index (χ1n) is 5.41.